The number of carbonyl (C=O) groups excluding carboxylic acids is 2. The van der Waals surface area contributed by atoms with Gasteiger partial charge in [0.25, 0.3) is 5.91 Å². The Labute approximate surface area is 170 Å². The molecule has 0 N–H and O–H groups in total. The fourth-order valence-electron chi connectivity index (χ4n) is 3.90. The van der Waals surface area contributed by atoms with E-state index < -0.39 is 11.9 Å². The number of anilines is 1. The van der Waals surface area contributed by atoms with Crippen molar-refractivity contribution in [3.05, 3.63) is 72.1 Å². The Morgan fingerprint density at radius 3 is 2.31 bits per heavy atom. The lowest BCUT2D eigenvalue weighted by Gasteiger charge is -2.36. The lowest BCUT2D eigenvalue weighted by Crippen LogP contribution is -2.52. The molecule has 0 aromatic heterocycles. The standard InChI is InChI=1S/C23H24FN3O2/c24-19-8-10-20(11-9-19)27-17-21(22(28)23(27)29)26-15-13-25(14-16-26)12-4-7-18-5-2-1-3-6-18/h1-11,21H,12-17H2/b7-4+/t21-/m1/s1. The van der Waals surface area contributed by atoms with E-state index in [1.807, 2.05) is 18.2 Å². The van der Waals surface area contributed by atoms with Crippen LogP contribution in [0.5, 0.6) is 0 Å². The second-order valence-electron chi connectivity index (χ2n) is 7.42. The predicted octanol–water partition coefficient (Wildman–Crippen LogP) is 2.44. The Bertz CT molecular complexity index is 890. The number of rotatable bonds is 5. The minimum Gasteiger partial charge on any atom is -0.304 e. The Balaban J connectivity index is 1.31. The van der Waals surface area contributed by atoms with Gasteiger partial charge in [0.1, 0.15) is 5.82 Å². The van der Waals surface area contributed by atoms with Crippen molar-refractivity contribution in [1.82, 2.24) is 9.80 Å². The summed E-state index contributed by atoms with van der Waals surface area (Å²) in [5.41, 5.74) is 1.75. The highest BCUT2D eigenvalue weighted by molar-refractivity contribution is 6.45. The zero-order valence-electron chi connectivity index (χ0n) is 16.2. The summed E-state index contributed by atoms with van der Waals surface area (Å²) in [6.07, 6.45) is 4.28. The van der Waals surface area contributed by atoms with Crippen molar-refractivity contribution >= 4 is 23.5 Å². The average molecular weight is 393 g/mol. The van der Waals surface area contributed by atoms with Crippen LogP contribution in [-0.4, -0.2) is 66.8 Å². The van der Waals surface area contributed by atoms with Gasteiger partial charge in [-0.3, -0.25) is 19.4 Å². The fourth-order valence-corrected chi connectivity index (χ4v) is 3.90. The molecule has 1 amide bonds. The van der Waals surface area contributed by atoms with Crippen LogP contribution in [0.25, 0.3) is 6.08 Å². The molecular formula is C23H24FN3O2. The van der Waals surface area contributed by atoms with Gasteiger partial charge in [0.15, 0.2) is 0 Å². The zero-order valence-corrected chi connectivity index (χ0v) is 16.2. The van der Waals surface area contributed by atoms with Crippen LogP contribution in [0, 0.1) is 5.82 Å². The number of halogens is 1. The molecule has 2 aromatic rings. The van der Waals surface area contributed by atoms with E-state index in [4.69, 9.17) is 0 Å². The molecule has 150 valence electrons. The van der Waals surface area contributed by atoms with Crippen molar-refractivity contribution in [3.8, 4) is 0 Å². The second-order valence-corrected chi connectivity index (χ2v) is 7.42. The summed E-state index contributed by atoms with van der Waals surface area (Å²) in [6, 6.07) is 15.5. The average Bonchev–Trinajstić information content (AvgIpc) is 3.05. The maximum Gasteiger partial charge on any atom is 0.296 e. The van der Waals surface area contributed by atoms with Crippen molar-refractivity contribution < 1.29 is 14.0 Å². The predicted molar refractivity (Wildman–Crippen MR) is 111 cm³/mol. The van der Waals surface area contributed by atoms with Crippen molar-refractivity contribution in [1.29, 1.82) is 0 Å². The Kier molecular flexibility index (Phi) is 5.83. The first-order valence-corrected chi connectivity index (χ1v) is 9.91. The van der Waals surface area contributed by atoms with Crippen LogP contribution in [0.15, 0.2) is 60.7 Å². The minimum atomic E-state index is -0.505. The first kappa shape index (κ1) is 19.5. The highest BCUT2D eigenvalue weighted by Gasteiger charge is 2.43. The smallest absolute Gasteiger partial charge is 0.296 e. The van der Waals surface area contributed by atoms with Crippen LogP contribution in [0.2, 0.25) is 0 Å². The van der Waals surface area contributed by atoms with Crippen LogP contribution < -0.4 is 4.90 Å². The molecule has 4 rings (SSSR count). The van der Waals surface area contributed by atoms with Gasteiger partial charge in [-0.2, -0.15) is 0 Å². The quantitative estimate of drug-likeness (QED) is 0.732. The van der Waals surface area contributed by atoms with E-state index in [1.54, 1.807) is 12.1 Å². The van der Waals surface area contributed by atoms with Crippen LogP contribution >= 0.6 is 0 Å². The monoisotopic (exact) mass is 393 g/mol. The van der Waals surface area contributed by atoms with E-state index in [9.17, 15) is 14.0 Å². The fraction of sp³-hybridized carbons (Fsp3) is 0.304. The van der Waals surface area contributed by atoms with Crippen molar-refractivity contribution in [2.75, 3.05) is 44.2 Å². The van der Waals surface area contributed by atoms with E-state index >= 15 is 0 Å². The highest BCUT2D eigenvalue weighted by atomic mass is 19.1. The molecule has 0 radical (unpaired) electrons. The Morgan fingerprint density at radius 1 is 0.931 bits per heavy atom. The minimum absolute atomic E-state index is 0.331. The van der Waals surface area contributed by atoms with E-state index in [0.717, 1.165) is 32.7 Å². The lowest BCUT2D eigenvalue weighted by atomic mass is 10.1. The number of amides is 1. The van der Waals surface area contributed by atoms with E-state index in [0.29, 0.717) is 12.2 Å². The lowest BCUT2D eigenvalue weighted by molar-refractivity contribution is -0.136. The van der Waals surface area contributed by atoms with Gasteiger partial charge >= 0.3 is 0 Å². The molecule has 1 atom stereocenters. The second kappa shape index (κ2) is 8.68. The van der Waals surface area contributed by atoms with Gasteiger partial charge < -0.3 is 4.90 Å². The first-order chi connectivity index (χ1) is 14.1. The molecule has 2 heterocycles. The summed E-state index contributed by atoms with van der Waals surface area (Å²) >= 11 is 0. The van der Waals surface area contributed by atoms with Crippen LogP contribution in [-0.2, 0) is 9.59 Å². The number of nitrogens with zero attached hydrogens (tertiary/aromatic N) is 3. The molecule has 2 aliphatic rings. The van der Waals surface area contributed by atoms with Crippen LogP contribution in [0.4, 0.5) is 10.1 Å². The molecule has 0 spiro atoms. The van der Waals surface area contributed by atoms with E-state index in [2.05, 4.69) is 34.1 Å². The van der Waals surface area contributed by atoms with Gasteiger partial charge in [-0.1, -0.05) is 42.5 Å². The largest absolute Gasteiger partial charge is 0.304 e. The summed E-state index contributed by atoms with van der Waals surface area (Å²) in [5, 5.41) is 0. The summed E-state index contributed by atoms with van der Waals surface area (Å²) in [6.45, 7) is 4.40. The molecule has 0 unspecified atom stereocenters. The molecule has 5 nitrogen and oxygen atoms in total. The molecule has 2 saturated heterocycles. The zero-order chi connectivity index (χ0) is 20.2. The van der Waals surface area contributed by atoms with Crippen molar-refractivity contribution in [3.63, 3.8) is 0 Å². The molecule has 2 aliphatic heterocycles. The topological polar surface area (TPSA) is 43.9 Å². The summed E-state index contributed by atoms with van der Waals surface area (Å²) in [5.74, 6) is -1.23. The summed E-state index contributed by atoms with van der Waals surface area (Å²) < 4.78 is 13.1. The number of hydrogen-bond donors (Lipinski definition) is 0. The molecule has 6 heteroatoms. The first-order valence-electron chi connectivity index (χ1n) is 9.91. The third-order valence-corrected chi connectivity index (χ3v) is 5.57. The number of hydrogen-bond acceptors (Lipinski definition) is 4. The molecular weight excluding hydrogens is 369 g/mol. The van der Waals surface area contributed by atoms with E-state index in [-0.39, 0.29) is 11.6 Å². The van der Waals surface area contributed by atoms with Gasteiger partial charge in [0.05, 0.1) is 6.04 Å². The molecule has 0 aliphatic carbocycles. The number of Topliss-reactive ketones (excluding diaryl/α,β-unsaturated/α-hetero) is 1. The highest BCUT2D eigenvalue weighted by Crippen LogP contribution is 2.23. The molecule has 29 heavy (non-hydrogen) atoms. The number of piperazine rings is 1. The number of benzene rings is 2. The third-order valence-electron chi connectivity index (χ3n) is 5.57. The van der Waals surface area contributed by atoms with E-state index in [1.165, 1.54) is 22.6 Å². The molecule has 0 saturated carbocycles. The Morgan fingerprint density at radius 2 is 1.62 bits per heavy atom. The van der Waals surface area contributed by atoms with Crippen LogP contribution in [0.1, 0.15) is 5.56 Å². The van der Waals surface area contributed by atoms with Gasteiger partial charge in [-0.15, -0.1) is 0 Å². The molecule has 0 bridgehead atoms. The van der Waals surface area contributed by atoms with Crippen LogP contribution in [0.3, 0.4) is 0 Å². The van der Waals surface area contributed by atoms with Gasteiger partial charge in [0, 0.05) is 45.0 Å². The maximum absolute atomic E-state index is 13.1. The number of ketones is 1. The van der Waals surface area contributed by atoms with Crippen molar-refractivity contribution in [2.24, 2.45) is 0 Å². The molecule has 2 fully saturated rings. The summed E-state index contributed by atoms with van der Waals surface area (Å²) in [4.78, 5) is 30.9. The normalized spacial score (nSPS) is 21.4. The van der Waals surface area contributed by atoms with Gasteiger partial charge in [-0.25, -0.2) is 4.39 Å². The van der Waals surface area contributed by atoms with Crippen molar-refractivity contribution in [2.45, 2.75) is 6.04 Å². The van der Waals surface area contributed by atoms with Gasteiger partial charge in [0.2, 0.25) is 5.78 Å². The SMILES string of the molecule is O=C1C(=O)N(c2ccc(F)cc2)C[C@H]1N1CCN(C/C=C/c2ccccc2)CC1. The Hall–Kier alpha value is -2.83. The third kappa shape index (κ3) is 4.44. The molecule has 2 aromatic carbocycles. The van der Waals surface area contributed by atoms with Gasteiger partial charge in [-0.05, 0) is 29.8 Å². The summed E-state index contributed by atoms with van der Waals surface area (Å²) in [7, 11) is 0. The maximum atomic E-state index is 13.1. The number of carbonyl (C=O) groups is 2.